The monoisotopic (exact) mass is 355 g/mol. The summed E-state index contributed by atoms with van der Waals surface area (Å²) in [5, 5.41) is 13.3. The zero-order valence-electron chi connectivity index (χ0n) is 15.3. The van der Waals surface area contributed by atoms with Crippen LogP contribution < -0.4 is 10.1 Å². The number of nitrogens with zero attached hydrogens (tertiary/aromatic N) is 2. The van der Waals surface area contributed by atoms with Crippen LogP contribution in [0.5, 0.6) is 5.75 Å². The van der Waals surface area contributed by atoms with Crippen molar-refractivity contribution in [3.8, 4) is 22.9 Å². The maximum atomic E-state index is 9.99. The maximum Gasteiger partial charge on any atom is 0.149 e. The molecule has 1 heterocycles. The van der Waals surface area contributed by atoms with Crippen LogP contribution in [0.4, 0.5) is 11.5 Å². The highest BCUT2D eigenvalue weighted by molar-refractivity contribution is 5.81. The molecule has 1 aromatic heterocycles. The molecule has 1 aliphatic carbocycles. The molecule has 4 rings (SSSR count). The standard InChI is InChI=1S/C23H21N3O/c1-27-18-13-11-16(12-14-18)22-19-9-5-6-10-21(19)26-23(20(22)15-24)25-17-7-3-2-4-8-17/h2-4,7-8,11-14H,5-6,9-10H2,1H3,(H,25,26). The highest BCUT2D eigenvalue weighted by Crippen LogP contribution is 2.38. The fourth-order valence-electron chi connectivity index (χ4n) is 3.68. The molecule has 0 bridgehead atoms. The SMILES string of the molecule is COc1ccc(-c2c(C#N)c(Nc3ccccc3)nc3c2CCCC3)cc1. The van der Waals surface area contributed by atoms with Crippen LogP contribution in [-0.4, -0.2) is 12.1 Å². The number of nitrogens with one attached hydrogen (secondary N) is 1. The average Bonchev–Trinajstić information content (AvgIpc) is 2.73. The van der Waals surface area contributed by atoms with Gasteiger partial charge >= 0.3 is 0 Å². The van der Waals surface area contributed by atoms with Gasteiger partial charge in [-0.05, 0) is 61.1 Å². The van der Waals surface area contributed by atoms with Crippen molar-refractivity contribution in [2.75, 3.05) is 12.4 Å². The molecule has 0 unspecified atom stereocenters. The first-order valence-corrected chi connectivity index (χ1v) is 9.22. The van der Waals surface area contributed by atoms with Crippen LogP contribution >= 0.6 is 0 Å². The number of hydrogen-bond donors (Lipinski definition) is 1. The lowest BCUT2D eigenvalue weighted by atomic mass is 9.86. The summed E-state index contributed by atoms with van der Waals surface area (Å²) in [5.41, 5.74) is 5.88. The second-order valence-corrected chi connectivity index (χ2v) is 6.67. The highest BCUT2D eigenvalue weighted by atomic mass is 16.5. The maximum absolute atomic E-state index is 9.99. The fraction of sp³-hybridized carbons (Fsp3) is 0.217. The molecule has 0 saturated heterocycles. The Balaban J connectivity index is 1.89. The van der Waals surface area contributed by atoms with Crippen LogP contribution in [0.1, 0.15) is 29.7 Å². The highest BCUT2D eigenvalue weighted by Gasteiger charge is 2.23. The van der Waals surface area contributed by atoms with Gasteiger partial charge in [0.1, 0.15) is 23.2 Å². The summed E-state index contributed by atoms with van der Waals surface area (Å²) in [6, 6.07) is 20.2. The van der Waals surface area contributed by atoms with Crippen molar-refractivity contribution in [1.29, 1.82) is 5.26 Å². The van der Waals surface area contributed by atoms with E-state index >= 15 is 0 Å². The average molecular weight is 355 g/mol. The first-order chi connectivity index (χ1) is 13.3. The van der Waals surface area contributed by atoms with Gasteiger partial charge in [0.25, 0.3) is 0 Å². The van der Waals surface area contributed by atoms with Crippen molar-refractivity contribution in [3.05, 3.63) is 71.4 Å². The smallest absolute Gasteiger partial charge is 0.149 e. The van der Waals surface area contributed by atoms with Gasteiger partial charge in [-0.3, -0.25) is 0 Å². The molecule has 0 fully saturated rings. The fourth-order valence-corrected chi connectivity index (χ4v) is 3.68. The number of nitriles is 1. The number of aromatic nitrogens is 1. The van der Waals surface area contributed by atoms with Gasteiger partial charge in [0.2, 0.25) is 0 Å². The van der Waals surface area contributed by atoms with Crippen molar-refractivity contribution in [3.63, 3.8) is 0 Å². The zero-order chi connectivity index (χ0) is 18.6. The van der Waals surface area contributed by atoms with Gasteiger partial charge in [0.05, 0.1) is 7.11 Å². The van der Waals surface area contributed by atoms with Gasteiger partial charge in [0, 0.05) is 16.9 Å². The normalized spacial score (nSPS) is 12.7. The molecule has 2 aromatic carbocycles. The van der Waals surface area contributed by atoms with Gasteiger partial charge in [-0.1, -0.05) is 30.3 Å². The lowest BCUT2D eigenvalue weighted by Crippen LogP contribution is -2.12. The molecule has 0 atom stereocenters. The van der Waals surface area contributed by atoms with Crippen LogP contribution in [0.15, 0.2) is 54.6 Å². The van der Waals surface area contributed by atoms with Crippen molar-refractivity contribution in [2.45, 2.75) is 25.7 Å². The largest absolute Gasteiger partial charge is 0.497 e. The molecule has 4 nitrogen and oxygen atoms in total. The first kappa shape index (κ1) is 17.1. The lowest BCUT2D eigenvalue weighted by molar-refractivity contribution is 0.415. The van der Waals surface area contributed by atoms with E-state index in [9.17, 15) is 5.26 Å². The van der Waals surface area contributed by atoms with Gasteiger partial charge in [-0.25, -0.2) is 4.98 Å². The summed E-state index contributed by atoms with van der Waals surface area (Å²) in [6.45, 7) is 0. The summed E-state index contributed by atoms with van der Waals surface area (Å²) in [6.07, 6.45) is 4.19. The van der Waals surface area contributed by atoms with E-state index in [1.807, 2.05) is 54.6 Å². The summed E-state index contributed by atoms with van der Waals surface area (Å²) in [5.74, 6) is 1.44. The topological polar surface area (TPSA) is 57.9 Å². The summed E-state index contributed by atoms with van der Waals surface area (Å²) < 4.78 is 5.29. The summed E-state index contributed by atoms with van der Waals surface area (Å²) >= 11 is 0. The van der Waals surface area contributed by atoms with E-state index in [0.717, 1.165) is 53.9 Å². The van der Waals surface area contributed by atoms with Crippen LogP contribution in [-0.2, 0) is 12.8 Å². The third kappa shape index (κ3) is 3.37. The number of fused-ring (bicyclic) bond motifs is 1. The van der Waals surface area contributed by atoms with Crippen LogP contribution in [0.25, 0.3) is 11.1 Å². The summed E-state index contributed by atoms with van der Waals surface area (Å²) in [7, 11) is 1.66. The number of benzene rings is 2. The Morgan fingerprint density at radius 1 is 1.00 bits per heavy atom. The van der Waals surface area contributed by atoms with E-state index in [1.54, 1.807) is 7.11 Å². The Morgan fingerprint density at radius 2 is 1.74 bits per heavy atom. The van der Waals surface area contributed by atoms with Crippen molar-refractivity contribution >= 4 is 11.5 Å². The molecular weight excluding hydrogens is 334 g/mol. The quantitative estimate of drug-likeness (QED) is 0.694. The first-order valence-electron chi connectivity index (χ1n) is 9.22. The van der Waals surface area contributed by atoms with E-state index in [4.69, 9.17) is 9.72 Å². The second-order valence-electron chi connectivity index (χ2n) is 6.67. The van der Waals surface area contributed by atoms with Crippen LogP contribution in [0, 0.1) is 11.3 Å². The van der Waals surface area contributed by atoms with Crippen molar-refractivity contribution < 1.29 is 4.74 Å². The molecule has 4 heteroatoms. The predicted molar refractivity (Wildman–Crippen MR) is 107 cm³/mol. The van der Waals surface area contributed by atoms with Crippen LogP contribution in [0.2, 0.25) is 0 Å². The molecule has 0 spiro atoms. The minimum atomic E-state index is 0.602. The number of anilines is 2. The predicted octanol–water partition coefficient (Wildman–Crippen LogP) is 5.25. The zero-order valence-corrected chi connectivity index (χ0v) is 15.3. The minimum absolute atomic E-state index is 0.602. The van der Waals surface area contributed by atoms with E-state index in [1.165, 1.54) is 5.56 Å². The number of aryl methyl sites for hydroxylation is 1. The van der Waals surface area contributed by atoms with Gasteiger partial charge in [-0.2, -0.15) is 5.26 Å². The summed E-state index contributed by atoms with van der Waals surface area (Å²) in [4.78, 5) is 4.84. The molecule has 0 saturated carbocycles. The van der Waals surface area contributed by atoms with Gasteiger partial charge in [-0.15, -0.1) is 0 Å². The number of para-hydroxylation sites is 1. The van der Waals surface area contributed by atoms with E-state index in [0.29, 0.717) is 11.4 Å². The Hall–Kier alpha value is -3.32. The lowest BCUT2D eigenvalue weighted by Gasteiger charge is -2.22. The molecule has 3 aromatic rings. The van der Waals surface area contributed by atoms with Crippen LogP contribution in [0.3, 0.4) is 0 Å². The third-order valence-corrected chi connectivity index (χ3v) is 5.00. The van der Waals surface area contributed by atoms with E-state index in [-0.39, 0.29) is 0 Å². The molecule has 1 aliphatic rings. The number of rotatable bonds is 4. The number of pyridine rings is 1. The van der Waals surface area contributed by atoms with Crippen molar-refractivity contribution in [2.24, 2.45) is 0 Å². The number of hydrogen-bond acceptors (Lipinski definition) is 4. The Bertz CT molecular complexity index is 989. The number of methoxy groups -OCH3 is 1. The van der Waals surface area contributed by atoms with Crippen molar-refractivity contribution in [1.82, 2.24) is 4.98 Å². The molecule has 0 radical (unpaired) electrons. The van der Waals surface area contributed by atoms with E-state index in [2.05, 4.69) is 11.4 Å². The number of ether oxygens (including phenoxy) is 1. The van der Waals surface area contributed by atoms with Gasteiger partial charge < -0.3 is 10.1 Å². The molecule has 27 heavy (non-hydrogen) atoms. The molecule has 0 aliphatic heterocycles. The van der Waals surface area contributed by atoms with Gasteiger partial charge in [0.15, 0.2) is 0 Å². The Labute approximate surface area is 159 Å². The van der Waals surface area contributed by atoms with E-state index < -0.39 is 0 Å². The molecule has 134 valence electrons. The third-order valence-electron chi connectivity index (χ3n) is 5.00. The Kier molecular flexibility index (Phi) is 4.76. The molecule has 0 amide bonds. The molecular formula is C23H21N3O. The Morgan fingerprint density at radius 3 is 2.44 bits per heavy atom. The second kappa shape index (κ2) is 7.51. The molecule has 1 N–H and O–H groups in total. The minimum Gasteiger partial charge on any atom is -0.497 e.